The third kappa shape index (κ3) is 3.06. The Balaban J connectivity index is 1.55. The van der Waals surface area contributed by atoms with Crippen molar-refractivity contribution >= 4 is 17.5 Å². The van der Waals surface area contributed by atoms with Gasteiger partial charge in [0.2, 0.25) is 5.95 Å². The monoisotopic (exact) mass is 317 g/mol. The van der Waals surface area contributed by atoms with Crippen molar-refractivity contribution in [1.82, 2.24) is 15.0 Å². The molecular formula is C19H19N5. The Bertz CT molecular complexity index is 819. The van der Waals surface area contributed by atoms with E-state index >= 15 is 0 Å². The van der Waals surface area contributed by atoms with Gasteiger partial charge in [0.1, 0.15) is 5.82 Å². The first kappa shape index (κ1) is 14.6. The van der Waals surface area contributed by atoms with E-state index in [4.69, 9.17) is 4.98 Å². The van der Waals surface area contributed by atoms with Crippen LogP contribution in [0.4, 0.5) is 17.5 Å². The van der Waals surface area contributed by atoms with Crippen molar-refractivity contribution in [2.45, 2.75) is 19.4 Å². The molecule has 0 spiro atoms. The maximum Gasteiger partial charge on any atom is 0.224 e. The molecule has 1 aliphatic heterocycles. The normalized spacial score (nSPS) is 13.4. The van der Waals surface area contributed by atoms with Crippen molar-refractivity contribution in [1.29, 1.82) is 0 Å². The lowest BCUT2D eigenvalue weighted by Gasteiger charge is -2.30. The molecule has 1 N–H and O–H groups in total. The van der Waals surface area contributed by atoms with Gasteiger partial charge in [-0.25, -0.2) is 4.98 Å². The average Bonchev–Trinajstić information content (AvgIpc) is 2.67. The highest BCUT2D eigenvalue weighted by molar-refractivity contribution is 5.65. The molecule has 5 heteroatoms. The van der Waals surface area contributed by atoms with Crippen LogP contribution >= 0.6 is 0 Å². The van der Waals surface area contributed by atoms with Crippen LogP contribution in [0.1, 0.15) is 17.5 Å². The van der Waals surface area contributed by atoms with Gasteiger partial charge in [0.25, 0.3) is 0 Å². The van der Waals surface area contributed by atoms with Gasteiger partial charge in [-0.1, -0.05) is 24.3 Å². The molecule has 120 valence electrons. The van der Waals surface area contributed by atoms with E-state index in [2.05, 4.69) is 44.5 Å². The number of nitrogens with one attached hydrogen (secondary N) is 1. The molecule has 0 bridgehead atoms. The second-order valence-electron chi connectivity index (χ2n) is 5.84. The average molecular weight is 317 g/mol. The molecule has 0 atom stereocenters. The zero-order valence-corrected chi connectivity index (χ0v) is 13.4. The fourth-order valence-corrected chi connectivity index (χ4v) is 3.04. The lowest BCUT2D eigenvalue weighted by molar-refractivity contribution is 0.758. The molecule has 2 aromatic heterocycles. The first-order chi connectivity index (χ1) is 11.9. The van der Waals surface area contributed by atoms with E-state index in [0.717, 1.165) is 30.8 Å². The number of benzene rings is 1. The Hall–Kier alpha value is -2.95. The molecule has 24 heavy (non-hydrogen) atoms. The maximum atomic E-state index is 4.69. The number of rotatable bonds is 4. The zero-order valence-electron chi connectivity index (χ0n) is 13.4. The molecule has 0 aliphatic carbocycles. The number of fused-ring (bicyclic) bond motifs is 1. The summed E-state index contributed by atoms with van der Waals surface area (Å²) in [7, 11) is 0. The summed E-state index contributed by atoms with van der Waals surface area (Å²) in [6, 6.07) is 14.5. The summed E-state index contributed by atoms with van der Waals surface area (Å²) in [5.41, 5.74) is 3.74. The van der Waals surface area contributed by atoms with Gasteiger partial charge in [0, 0.05) is 37.4 Å². The molecule has 0 fully saturated rings. The van der Waals surface area contributed by atoms with E-state index < -0.39 is 0 Å². The summed E-state index contributed by atoms with van der Waals surface area (Å²) in [4.78, 5) is 15.4. The minimum atomic E-state index is 0.638. The Morgan fingerprint density at radius 1 is 1.04 bits per heavy atom. The number of hydrogen-bond donors (Lipinski definition) is 1. The molecule has 3 aromatic rings. The summed E-state index contributed by atoms with van der Waals surface area (Å²) in [5.74, 6) is 1.57. The lowest BCUT2D eigenvalue weighted by Crippen LogP contribution is -2.25. The predicted molar refractivity (Wildman–Crippen MR) is 95.4 cm³/mol. The van der Waals surface area contributed by atoms with Gasteiger partial charge in [-0.15, -0.1) is 0 Å². The lowest BCUT2D eigenvalue weighted by atomic mass is 10.0. The van der Waals surface area contributed by atoms with Crippen LogP contribution in [0, 0.1) is 0 Å². The maximum absolute atomic E-state index is 4.69. The number of anilines is 3. The summed E-state index contributed by atoms with van der Waals surface area (Å²) >= 11 is 0. The summed E-state index contributed by atoms with van der Waals surface area (Å²) in [6.07, 6.45) is 7.70. The molecule has 1 aromatic carbocycles. The van der Waals surface area contributed by atoms with Gasteiger partial charge < -0.3 is 10.2 Å². The van der Waals surface area contributed by atoms with Crippen LogP contribution in [0.25, 0.3) is 0 Å². The molecule has 3 heterocycles. The van der Waals surface area contributed by atoms with Gasteiger partial charge in [0.05, 0.1) is 0 Å². The van der Waals surface area contributed by atoms with Crippen LogP contribution in [0.15, 0.2) is 61.1 Å². The second kappa shape index (κ2) is 6.66. The first-order valence-corrected chi connectivity index (χ1v) is 8.21. The van der Waals surface area contributed by atoms with E-state index in [1.165, 1.54) is 11.3 Å². The standard InChI is InChI=1S/C19H19N5/c1-2-8-17-16(6-1)7-4-12-24(17)18-9-11-21-19(23-18)22-14-15-5-3-10-20-13-15/h1-3,5-6,8-11,13H,4,7,12,14H2,(H,21,22,23). The van der Waals surface area contributed by atoms with Gasteiger partial charge in [-0.2, -0.15) is 4.98 Å². The van der Waals surface area contributed by atoms with Crippen molar-refractivity contribution in [3.05, 3.63) is 72.2 Å². The molecule has 4 rings (SSSR count). The number of nitrogens with zero attached hydrogens (tertiary/aromatic N) is 4. The van der Waals surface area contributed by atoms with Crippen LogP contribution in [0.5, 0.6) is 0 Å². The number of pyridine rings is 1. The second-order valence-corrected chi connectivity index (χ2v) is 5.84. The van der Waals surface area contributed by atoms with E-state index in [9.17, 15) is 0 Å². The molecule has 0 saturated heterocycles. The molecule has 0 saturated carbocycles. The van der Waals surface area contributed by atoms with E-state index in [-0.39, 0.29) is 0 Å². The molecule has 1 aliphatic rings. The minimum absolute atomic E-state index is 0.638. The Morgan fingerprint density at radius 3 is 2.92 bits per heavy atom. The summed E-state index contributed by atoms with van der Waals surface area (Å²) in [6.45, 7) is 1.64. The predicted octanol–water partition coefficient (Wildman–Crippen LogP) is 3.57. The fourth-order valence-electron chi connectivity index (χ4n) is 3.04. The van der Waals surface area contributed by atoms with Gasteiger partial charge in [-0.3, -0.25) is 4.98 Å². The highest BCUT2D eigenvalue weighted by atomic mass is 15.2. The van der Waals surface area contributed by atoms with E-state index in [0.29, 0.717) is 12.5 Å². The highest BCUT2D eigenvalue weighted by Crippen LogP contribution is 2.32. The quantitative estimate of drug-likeness (QED) is 0.797. The van der Waals surface area contributed by atoms with Gasteiger partial charge in [-0.05, 0) is 42.2 Å². The number of hydrogen-bond acceptors (Lipinski definition) is 5. The summed E-state index contributed by atoms with van der Waals surface area (Å²) < 4.78 is 0. The van der Waals surface area contributed by atoms with E-state index in [1.54, 1.807) is 6.20 Å². The first-order valence-electron chi connectivity index (χ1n) is 8.21. The van der Waals surface area contributed by atoms with Crippen LogP contribution in [0.3, 0.4) is 0 Å². The van der Waals surface area contributed by atoms with Gasteiger partial charge >= 0.3 is 0 Å². The van der Waals surface area contributed by atoms with Crippen LogP contribution in [-0.2, 0) is 13.0 Å². The Kier molecular flexibility index (Phi) is 4.06. The van der Waals surface area contributed by atoms with Crippen LogP contribution in [-0.4, -0.2) is 21.5 Å². The van der Waals surface area contributed by atoms with Crippen molar-refractivity contribution in [2.75, 3.05) is 16.8 Å². The largest absolute Gasteiger partial charge is 0.350 e. The topological polar surface area (TPSA) is 53.9 Å². The minimum Gasteiger partial charge on any atom is -0.350 e. The van der Waals surface area contributed by atoms with Crippen LogP contribution < -0.4 is 10.2 Å². The molecule has 0 radical (unpaired) electrons. The molecule has 5 nitrogen and oxygen atoms in total. The van der Waals surface area contributed by atoms with Gasteiger partial charge in [0.15, 0.2) is 0 Å². The van der Waals surface area contributed by atoms with E-state index in [1.807, 2.05) is 30.6 Å². The third-order valence-electron chi connectivity index (χ3n) is 4.20. The van der Waals surface area contributed by atoms with Crippen molar-refractivity contribution in [2.24, 2.45) is 0 Å². The molecule has 0 amide bonds. The fraction of sp³-hybridized carbons (Fsp3) is 0.211. The molecular weight excluding hydrogens is 298 g/mol. The summed E-state index contributed by atoms with van der Waals surface area (Å²) in [5, 5.41) is 3.28. The smallest absolute Gasteiger partial charge is 0.224 e. The van der Waals surface area contributed by atoms with Crippen LogP contribution in [0.2, 0.25) is 0 Å². The Labute approximate surface area is 141 Å². The zero-order chi connectivity index (χ0) is 16.2. The van der Waals surface area contributed by atoms with Crippen molar-refractivity contribution in [3.8, 4) is 0 Å². The SMILES string of the molecule is c1cncc(CNc2nccc(N3CCCc4ccccc43)n2)c1. The van der Waals surface area contributed by atoms with Crippen molar-refractivity contribution in [3.63, 3.8) is 0 Å². The highest BCUT2D eigenvalue weighted by Gasteiger charge is 2.18. The molecule has 0 unspecified atom stereocenters. The Morgan fingerprint density at radius 2 is 2.00 bits per heavy atom. The van der Waals surface area contributed by atoms with Crippen molar-refractivity contribution < 1.29 is 0 Å². The number of aryl methyl sites for hydroxylation is 1. The number of aromatic nitrogens is 3. The number of para-hydroxylation sites is 1. The third-order valence-corrected chi connectivity index (χ3v) is 4.20.